The molecule has 1 aromatic carbocycles. The monoisotopic (exact) mass is 394 g/mol. The average molecular weight is 395 g/mol. The van der Waals surface area contributed by atoms with Crippen molar-refractivity contribution in [1.29, 1.82) is 0 Å². The van der Waals surface area contributed by atoms with Crippen LogP contribution in [0.15, 0.2) is 24.3 Å². The minimum atomic E-state index is -0.0228. The van der Waals surface area contributed by atoms with Crippen LogP contribution in [0.1, 0.15) is 34.5 Å². The molecule has 0 saturated carbocycles. The van der Waals surface area contributed by atoms with Crippen molar-refractivity contribution in [2.24, 2.45) is 0 Å². The second kappa shape index (κ2) is 7.67. The molecule has 2 fully saturated rings. The van der Waals surface area contributed by atoms with Gasteiger partial charge in [0.2, 0.25) is 5.95 Å². The molecule has 154 valence electrons. The highest BCUT2D eigenvalue weighted by molar-refractivity contribution is 5.42. The predicted molar refractivity (Wildman–Crippen MR) is 112 cm³/mol. The Kier molecular flexibility index (Phi) is 5.02. The first kappa shape index (κ1) is 19.0. The molecule has 0 radical (unpaired) electrons. The predicted octanol–water partition coefficient (Wildman–Crippen LogP) is 2.60. The van der Waals surface area contributed by atoms with Gasteiger partial charge in [-0.2, -0.15) is 0 Å². The molecule has 29 heavy (non-hydrogen) atoms. The van der Waals surface area contributed by atoms with Crippen molar-refractivity contribution in [3.63, 3.8) is 0 Å². The molecule has 1 atom stereocenters. The lowest BCUT2D eigenvalue weighted by Gasteiger charge is -2.36. The normalized spacial score (nSPS) is 24.8. The lowest BCUT2D eigenvalue weighted by atomic mass is 9.80. The highest BCUT2D eigenvalue weighted by Crippen LogP contribution is 2.41. The SMILES string of the molecule is Cc1ccccc1CN1CC[C@@]2(COCc3c(C)nc(N4CCOCC4)nc32)C1. The van der Waals surface area contributed by atoms with Gasteiger partial charge in [0.15, 0.2) is 0 Å². The molecule has 0 aliphatic carbocycles. The van der Waals surface area contributed by atoms with E-state index in [1.807, 2.05) is 0 Å². The number of hydrogen-bond acceptors (Lipinski definition) is 6. The molecule has 6 nitrogen and oxygen atoms in total. The number of aromatic nitrogens is 2. The molecular formula is C23H30N4O2. The largest absolute Gasteiger partial charge is 0.378 e. The maximum Gasteiger partial charge on any atom is 0.225 e. The van der Waals surface area contributed by atoms with Gasteiger partial charge in [-0.25, -0.2) is 9.97 Å². The van der Waals surface area contributed by atoms with Crippen LogP contribution < -0.4 is 4.90 Å². The van der Waals surface area contributed by atoms with Crippen molar-refractivity contribution < 1.29 is 9.47 Å². The van der Waals surface area contributed by atoms with Crippen LogP contribution in [0.3, 0.4) is 0 Å². The Morgan fingerprint density at radius 3 is 2.69 bits per heavy atom. The van der Waals surface area contributed by atoms with Gasteiger partial charge in [0.1, 0.15) is 0 Å². The first-order valence-corrected chi connectivity index (χ1v) is 10.7. The van der Waals surface area contributed by atoms with E-state index in [-0.39, 0.29) is 5.41 Å². The minimum Gasteiger partial charge on any atom is -0.378 e. The highest BCUT2D eigenvalue weighted by atomic mass is 16.5. The third kappa shape index (κ3) is 3.54. The number of anilines is 1. The van der Waals surface area contributed by atoms with Crippen LogP contribution in [0, 0.1) is 13.8 Å². The van der Waals surface area contributed by atoms with Crippen molar-refractivity contribution in [3.8, 4) is 0 Å². The second-order valence-electron chi connectivity index (χ2n) is 8.70. The first-order valence-electron chi connectivity index (χ1n) is 10.7. The maximum atomic E-state index is 6.08. The van der Waals surface area contributed by atoms with E-state index in [1.165, 1.54) is 22.4 Å². The van der Waals surface area contributed by atoms with Crippen LogP contribution in [0.4, 0.5) is 5.95 Å². The van der Waals surface area contributed by atoms with Crippen LogP contribution in [-0.2, 0) is 28.0 Å². The topological polar surface area (TPSA) is 50.7 Å². The minimum absolute atomic E-state index is 0.0228. The lowest BCUT2D eigenvalue weighted by Crippen LogP contribution is -2.42. The van der Waals surface area contributed by atoms with Crippen molar-refractivity contribution in [2.45, 2.75) is 38.8 Å². The summed E-state index contributed by atoms with van der Waals surface area (Å²) in [5.41, 5.74) is 6.24. The number of ether oxygens (including phenoxy) is 2. The number of fused-ring (bicyclic) bond motifs is 2. The molecule has 6 heteroatoms. The van der Waals surface area contributed by atoms with E-state index in [9.17, 15) is 0 Å². The Hall–Kier alpha value is -2.02. The summed E-state index contributed by atoms with van der Waals surface area (Å²) in [6.07, 6.45) is 1.09. The number of aryl methyl sites for hydroxylation is 2. The third-order valence-corrected chi connectivity index (χ3v) is 6.71. The Morgan fingerprint density at radius 2 is 1.86 bits per heavy atom. The smallest absolute Gasteiger partial charge is 0.225 e. The van der Waals surface area contributed by atoms with Crippen molar-refractivity contribution in [2.75, 3.05) is 50.9 Å². The quantitative estimate of drug-likeness (QED) is 0.798. The third-order valence-electron chi connectivity index (χ3n) is 6.71. The van der Waals surface area contributed by atoms with Crippen LogP contribution in [0.25, 0.3) is 0 Å². The Labute approximate surface area is 172 Å². The van der Waals surface area contributed by atoms with Gasteiger partial charge in [0.05, 0.1) is 37.5 Å². The van der Waals surface area contributed by atoms with E-state index in [4.69, 9.17) is 19.4 Å². The van der Waals surface area contributed by atoms with E-state index in [1.54, 1.807) is 0 Å². The Morgan fingerprint density at radius 1 is 1.03 bits per heavy atom. The number of benzene rings is 1. The van der Waals surface area contributed by atoms with Crippen LogP contribution in [0.5, 0.6) is 0 Å². The standard InChI is InChI=1S/C23H30N4O2/c1-17-5-3-4-6-19(17)13-26-8-7-23(15-26)16-29-14-20-18(2)24-22(25-21(20)23)27-9-11-28-12-10-27/h3-6H,7-16H2,1-2H3/t23-/m0/s1. The fourth-order valence-corrected chi connectivity index (χ4v) is 4.95. The molecule has 3 aliphatic rings. The highest BCUT2D eigenvalue weighted by Gasteiger charge is 2.45. The summed E-state index contributed by atoms with van der Waals surface area (Å²) >= 11 is 0. The van der Waals surface area contributed by atoms with Crippen LogP contribution >= 0.6 is 0 Å². The maximum absolute atomic E-state index is 6.08. The molecule has 0 bridgehead atoms. The molecule has 2 aromatic rings. The molecule has 0 N–H and O–H groups in total. The first-order chi connectivity index (χ1) is 14.1. The number of rotatable bonds is 3. The number of likely N-dealkylation sites (tertiary alicyclic amines) is 1. The molecular weight excluding hydrogens is 364 g/mol. The van der Waals surface area contributed by atoms with E-state index in [2.05, 4.69) is 47.9 Å². The van der Waals surface area contributed by atoms with Gasteiger partial charge in [-0.3, -0.25) is 4.90 Å². The molecule has 1 spiro atoms. The zero-order valence-electron chi connectivity index (χ0n) is 17.5. The van der Waals surface area contributed by atoms with Gasteiger partial charge in [0, 0.05) is 37.4 Å². The summed E-state index contributed by atoms with van der Waals surface area (Å²) in [6.45, 7) is 12.0. The van der Waals surface area contributed by atoms with Gasteiger partial charge in [-0.05, 0) is 37.9 Å². The number of morpholine rings is 1. The van der Waals surface area contributed by atoms with Gasteiger partial charge >= 0.3 is 0 Å². The van der Waals surface area contributed by atoms with Gasteiger partial charge in [-0.1, -0.05) is 24.3 Å². The molecule has 2 saturated heterocycles. The molecule has 0 amide bonds. The Balaban J connectivity index is 1.44. The summed E-state index contributed by atoms with van der Waals surface area (Å²) in [6, 6.07) is 8.70. The van der Waals surface area contributed by atoms with Crippen LogP contribution in [-0.4, -0.2) is 60.9 Å². The second-order valence-corrected chi connectivity index (χ2v) is 8.70. The van der Waals surface area contributed by atoms with E-state index < -0.39 is 0 Å². The van der Waals surface area contributed by atoms with E-state index >= 15 is 0 Å². The van der Waals surface area contributed by atoms with E-state index in [0.29, 0.717) is 6.61 Å². The molecule has 5 rings (SSSR count). The van der Waals surface area contributed by atoms with Crippen molar-refractivity contribution >= 4 is 5.95 Å². The summed E-state index contributed by atoms with van der Waals surface area (Å²) in [5.74, 6) is 0.864. The fraction of sp³-hybridized carbons (Fsp3) is 0.565. The fourth-order valence-electron chi connectivity index (χ4n) is 4.95. The van der Waals surface area contributed by atoms with Gasteiger partial charge in [-0.15, -0.1) is 0 Å². The Bertz CT molecular complexity index is 896. The van der Waals surface area contributed by atoms with E-state index in [0.717, 1.165) is 70.6 Å². The van der Waals surface area contributed by atoms with Crippen molar-refractivity contribution in [3.05, 3.63) is 52.3 Å². The molecule has 3 aliphatic heterocycles. The van der Waals surface area contributed by atoms with Crippen LogP contribution in [0.2, 0.25) is 0 Å². The number of hydrogen-bond donors (Lipinski definition) is 0. The zero-order valence-corrected chi connectivity index (χ0v) is 17.5. The average Bonchev–Trinajstić information content (AvgIpc) is 3.14. The summed E-state index contributed by atoms with van der Waals surface area (Å²) in [5, 5.41) is 0. The molecule has 4 heterocycles. The number of nitrogens with zero attached hydrogens (tertiary/aromatic N) is 4. The lowest BCUT2D eigenvalue weighted by molar-refractivity contribution is 0.0497. The van der Waals surface area contributed by atoms with Crippen molar-refractivity contribution in [1.82, 2.24) is 14.9 Å². The molecule has 1 aromatic heterocycles. The van der Waals surface area contributed by atoms with Gasteiger partial charge in [0.25, 0.3) is 0 Å². The van der Waals surface area contributed by atoms with Gasteiger partial charge < -0.3 is 14.4 Å². The summed E-state index contributed by atoms with van der Waals surface area (Å²) < 4.78 is 11.6. The molecule has 0 unspecified atom stereocenters. The zero-order chi connectivity index (χ0) is 19.8. The summed E-state index contributed by atoms with van der Waals surface area (Å²) in [7, 11) is 0. The summed E-state index contributed by atoms with van der Waals surface area (Å²) in [4.78, 5) is 14.8.